The maximum Gasteiger partial charge on any atom is 0.195 e. The molecular formula is C24H24FN7O4. The molecule has 3 N–H and O–H groups in total. The number of anilines is 1. The fourth-order valence-electron chi connectivity index (χ4n) is 4.49. The normalized spacial score (nSPS) is 22.1. The summed E-state index contributed by atoms with van der Waals surface area (Å²) in [4.78, 5) is 12.8. The van der Waals surface area contributed by atoms with E-state index >= 15 is 4.39 Å². The number of nitrogens with zero attached hydrogens (tertiary/aromatic N) is 6. The third-order valence-corrected chi connectivity index (χ3v) is 6.32. The standard InChI is InChI=1S/C24H24FN7O4/c1-3-18-29-15-8-12(4-5-16(15)35-18)34-10-17-21(33)20(25)24(36-17)32-9-13(14-6-7-31(2)30-14)19-22(26)27-11-28-23(19)32/h4-9,11,17,20-21,24,33H,3,10H2,1-2H3,(H2,26,27,28)/t17-,20+,21-,24-/m1/s1. The van der Waals surface area contributed by atoms with Crippen molar-refractivity contribution in [2.45, 2.75) is 38.0 Å². The Kier molecular flexibility index (Phi) is 5.34. The van der Waals surface area contributed by atoms with E-state index in [-0.39, 0.29) is 12.4 Å². The van der Waals surface area contributed by atoms with Crippen molar-refractivity contribution < 1.29 is 23.4 Å². The van der Waals surface area contributed by atoms with Gasteiger partial charge in [0.1, 0.15) is 47.9 Å². The van der Waals surface area contributed by atoms with E-state index in [4.69, 9.17) is 19.6 Å². The third-order valence-electron chi connectivity index (χ3n) is 6.32. The number of oxazole rings is 1. The van der Waals surface area contributed by atoms with Crippen molar-refractivity contribution in [1.82, 2.24) is 29.3 Å². The van der Waals surface area contributed by atoms with E-state index in [0.717, 1.165) is 0 Å². The van der Waals surface area contributed by atoms with E-state index in [1.54, 1.807) is 42.3 Å². The van der Waals surface area contributed by atoms with E-state index in [1.807, 2.05) is 13.0 Å². The van der Waals surface area contributed by atoms with Crippen molar-refractivity contribution in [3.05, 3.63) is 48.9 Å². The SMILES string of the molecule is CCc1nc2cc(OC[C@H]3O[C@@H](n4cc(-c5ccn(C)n5)c5c(N)ncnc54)[C@@H](F)[C@@H]3O)ccc2o1. The van der Waals surface area contributed by atoms with Gasteiger partial charge in [-0.05, 0) is 18.2 Å². The summed E-state index contributed by atoms with van der Waals surface area (Å²) in [5.41, 5.74) is 9.12. The fraction of sp³-hybridized carbons (Fsp3) is 0.333. The van der Waals surface area contributed by atoms with Crippen LogP contribution in [0.4, 0.5) is 10.2 Å². The van der Waals surface area contributed by atoms with Gasteiger partial charge in [-0.25, -0.2) is 19.3 Å². The Balaban J connectivity index is 1.27. The summed E-state index contributed by atoms with van der Waals surface area (Å²) in [6.07, 6.45) is 0.249. The lowest BCUT2D eigenvalue weighted by molar-refractivity contribution is -0.0410. The zero-order valence-electron chi connectivity index (χ0n) is 19.6. The number of hydrogen-bond donors (Lipinski definition) is 2. The first-order chi connectivity index (χ1) is 17.4. The molecule has 1 aliphatic rings. The summed E-state index contributed by atoms with van der Waals surface area (Å²) >= 11 is 0. The predicted molar refractivity (Wildman–Crippen MR) is 128 cm³/mol. The van der Waals surface area contributed by atoms with E-state index < -0.39 is 24.6 Å². The fourth-order valence-corrected chi connectivity index (χ4v) is 4.49. The van der Waals surface area contributed by atoms with Gasteiger partial charge in [0.25, 0.3) is 0 Å². The molecular weight excluding hydrogens is 469 g/mol. The van der Waals surface area contributed by atoms with Gasteiger partial charge >= 0.3 is 0 Å². The number of benzene rings is 1. The van der Waals surface area contributed by atoms with Crippen LogP contribution in [-0.2, 0) is 18.2 Å². The highest BCUT2D eigenvalue weighted by Gasteiger charge is 2.46. The molecule has 0 spiro atoms. The van der Waals surface area contributed by atoms with Gasteiger partial charge in [-0.3, -0.25) is 4.68 Å². The van der Waals surface area contributed by atoms with Crippen LogP contribution in [0.5, 0.6) is 5.75 Å². The molecule has 0 radical (unpaired) electrons. The highest BCUT2D eigenvalue weighted by Crippen LogP contribution is 2.39. The number of nitrogen functional groups attached to an aromatic ring is 1. The topological polar surface area (TPSA) is 139 Å². The van der Waals surface area contributed by atoms with E-state index in [0.29, 0.717) is 51.5 Å². The van der Waals surface area contributed by atoms with Gasteiger partial charge in [0.15, 0.2) is 23.9 Å². The number of rotatable bonds is 6. The minimum atomic E-state index is -1.73. The maximum atomic E-state index is 15.4. The second kappa shape index (κ2) is 8.57. The van der Waals surface area contributed by atoms with Crippen LogP contribution in [0.25, 0.3) is 33.4 Å². The zero-order valence-corrected chi connectivity index (χ0v) is 19.6. The Hall–Kier alpha value is -4.03. The van der Waals surface area contributed by atoms with Crippen LogP contribution < -0.4 is 10.5 Å². The smallest absolute Gasteiger partial charge is 0.195 e. The van der Waals surface area contributed by atoms with Crippen LogP contribution in [0, 0.1) is 0 Å². The first-order valence-electron chi connectivity index (χ1n) is 11.5. The van der Waals surface area contributed by atoms with Crippen molar-refractivity contribution in [3.63, 3.8) is 0 Å². The molecule has 36 heavy (non-hydrogen) atoms. The van der Waals surface area contributed by atoms with Crippen LogP contribution >= 0.6 is 0 Å². The quantitative estimate of drug-likeness (QED) is 0.365. The largest absolute Gasteiger partial charge is 0.491 e. The molecule has 1 aliphatic heterocycles. The summed E-state index contributed by atoms with van der Waals surface area (Å²) in [5.74, 6) is 1.38. The number of ether oxygens (including phenoxy) is 2. The van der Waals surface area contributed by atoms with Crippen LogP contribution in [0.15, 0.2) is 47.4 Å². The van der Waals surface area contributed by atoms with E-state index in [9.17, 15) is 5.11 Å². The molecule has 1 fully saturated rings. The molecule has 1 saturated heterocycles. The summed E-state index contributed by atoms with van der Waals surface area (Å²) < 4.78 is 35.9. The molecule has 0 aliphatic carbocycles. The van der Waals surface area contributed by atoms with Crippen molar-refractivity contribution >= 4 is 28.0 Å². The molecule has 0 unspecified atom stereocenters. The minimum Gasteiger partial charge on any atom is -0.491 e. The molecule has 0 amide bonds. The van der Waals surface area contributed by atoms with Gasteiger partial charge in [-0.15, -0.1) is 0 Å². The van der Waals surface area contributed by atoms with E-state index in [2.05, 4.69) is 20.1 Å². The van der Waals surface area contributed by atoms with Crippen molar-refractivity contribution in [2.75, 3.05) is 12.3 Å². The molecule has 1 aromatic carbocycles. The molecule has 4 atom stereocenters. The van der Waals surface area contributed by atoms with Crippen LogP contribution in [0.1, 0.15) is 19.0 Å². The lowest BCUT2D eigenvalue weighted by Crippen LogP contribution is -2.32. The van der Waals surface area contributed by atoms with Gasteiger partial charge in [0.05, 0.1) is 11.1 Å². The number of aliphatic hydroxyl groups excluding tert-OH is 1. The second-order valence-corrected chi connectivity index (χ2v) is 8.68. The molecule has 11 nitrogen and oxygen atoms in total. The first-order valence-corrected chi connectivity index (χ1v) is 11.5. The number of halogens is 1. The average molecular weight is 493 g/mol. The Morgan fingerprint density at radius 1 is 1.25 bits per heavy atom. The van der Waals surface area contributed by atoms with Crippen molar-refractivity contribution in [3.8, 4) is 17.0 Å². The number of aliphatic hydroxyl groups is 1. The van der Waals surface area contributed by atoms with Crippen LogP contribution in [0.2, 0.25) is 0 Å². The molecule has 5 heterocycles. The molecule has 12 heteroatoms. The van der Waals surface area contributed by atoms with Gasteiger partial charge < -0.3 is 29.3 Å². The Bertz CT molecular complexity index is 1560. The molecule has 4 aromatic heterocycles. The third kappa shape index (κ3) is 3.65. The highest BCUT2D eigenvalue weighted by atomic mass is 19.1. The van der Waals surface area contributed by atoms with Gasteiger partial charge in [-0.2, -0.15) is 5.10 Å². The molecule has 0 bridgehead atoms. The molecule has 186 valence electrons. The maximum absolute atomic E-state index is 15.4. The highest BCUT2D eigenvalue weighted by molar-refractivity contribution is 5.99. The molecule has 5 aromatic rings. The number of aryl methyl sites for hydroxylation is 2. The number of alkyl halides is 1. The number of fused-ring (bicyclic) bond motifs is 2. The monoisotopic (exact) mass is 493 g/mol. The van der Waals surface area contributed by atoms with Crippen LogP contribution in [0.3, 0.4) is 0 Å². The van der Waals surface area contributed by atoms with E-state index in [1.165, 1.54) is 10.9 Å². The molecule has 6 rings (SSSR count). The van der Waals surface area contributed by atoms with Crippen LogP contribution in [-0.4, -0.2) is 59.4 Å². The van der Waals surface area contributed by atoms with Crippen molar-refractivity contribution in [1.29, 1.82) is 0 Å². The predicted octanol–water partition coefficient (Wildman–Crippen LogP) is 2.79. The van der Waals surface area contributed by atoms with Gasteiger partial charge in [0, 0.05) is 37.5 Å². The van der Waals surface area contributed by atoms with Gasteiger partial charge in [0.2, 0.25) is 0 Å². The number of hydrogen-bond acceptors (Lipinski definition) is 9. The number of nitrogens with two attached hydrogens (primary N) is 1. The summed E-state index contributed by atoms with van der Waals surface area (Å²) in [5, 5.41) is 15.6. The summed E-state index contributed by atoms with van der Waals surface area (Å²) in [6.45, 7) is 1.89. The second-order valence-electron chi connectivity index (χ2n) is 8.68. The lowest BCUT2D eigenvalue weighted by atomic mass is 10.1. The van der Waals surface area contributed by atoms with Crippen molar-refractivity contribution in [2.24, 2.45) is 7.05 Å². The Morgan fingerprint density at radius 3 is 2.89 bits per heavy atom. The lowest BCUT2D eigenvalue weighted by Gasteiger charge is -2.16. The van der Waals surface area contributed by atoms with Gasteiger partial charge in [-0.1, -0.05) is 6.92 Å². The average Bonchev–Trinajstić information content (AvgIpc) is 3.64. The summed E-state index contributed by atoms with van der Waals surface area (Å²) in [6, 6.07) is 7.05. The first kappa shape index (κ1) is 22.4. The summed E-state index contributed by atoms with van der Waals surface area (Å²) in [7, 11) is 1.80. The molecule has 0 saturated carbocycles. The zero-order chi connectivity index (χ0) is 25.0. The Morgan fingerprint density at radius 2 is 2.11 bits per heavy atom. The minimum absolute atomic E-state index is 0.0640. The Labute approximate surface area is 204 Å². The number of aromatic nitrogens is 6.